The summed E-state index contributed by atoms with van der Waals surface area (Å²) in [6, 6.07) is 20.1. The Morgan fingerprint density at radius 3 is 2.46 bits per heavy atom. The van der Waals surface area contributed by atoms with Gasteiger partial charge in [0.25, 0.3) is 0 Å². The van der Waals surface area contributed by atoms with E-state index in [2.05, 4.69) is 15.1 Å². The van der Waals surface area contributed by atoms with Crippen LogP contribution >= 0.6 is 0 Å². The molecule has 5 nitrogen and oxygen atoms in total. The molecular weight excluding hydrogens is 326 g/mol. The van der Waals surface area contributed by atoms with E-state index in [1.54, 1.807) is 0 Å². The number of aromatic amines is 1. The van der Waals surface area contributed by atoms with Gasteiger partial charge in [0, 0.05) is 11.8 Å². The van der Waals surface area contributed by atoms with E-state index in [1.165, 1.54) is 0 Å². The SMILES string of the molecule is Cc1onc(-c2ccccc2)c1-c1c[nH]c(COCc2ccccc2)n1. The van der Waals surface area contributed by atoms with Crippen LogP contribution in [0.15, 0.2) is 71.4 Å². The molecule has 0 radical (unpaired) electrons. The zero-order chi connectivity index (χ0) is 17.8. The van der Waals surface area contributed by atoms with Gasteiger partial charge in [-0.25, -0.2) is 4.98 Å². The molecule has 0 fully saturated rings. The molecule has 0 bridgehead atoms. The molecule has 0 saturated carbocycles. The van der Waals surface area contributed by atoms with Crippen LogP contribution in [0.5, 0.6) is 0 Å². The second-order valence-electron chi connectivity index (χ2n) is 6.04. The Morgan fingerprint density at radius 1 is 0.962 bits per heavy atom. The number of hydrogen-bond acceptors (Lipinski definition) is 4. The first-order valence-electron chi connectivity index (χ1n) is 8.49. The zero-order valence-electron chi connectivity index (χ0n) is 14.5. The molecule has 5 heteroatoms. The lowest BCUT2D eigenvalue weighted by atomic mass is 10.0. The number of benzene rings is 2. The van der Waals surface area contributed by atoms with E-state index >= 15 is 0 Å². The first-order valence-corrected chi connectivity index (χ1v) is 8.49. The van der Waals surface area contributed by atoms with Crippen LogP contribution in [0.3, 0.4) is 0 Å². The number of H-pyrrole nitrogens is 1. The summed E-state index contributed by atoms with van der Waals surface area (Å²) in [6.45, 7) is 2.87. The molecule has 0 unspecified atom stereocenters. The molecule has 2 aromatic carbocycles. The Balaban J connectivity index is 1.51. The third-order valence-corrected chi connectivity index (χ3v) is 4.15. The summed E-state index contributed by atoms with van der Waals surface area (Å²) in [6.07, 6.45) is 1.87. The summed E-state index contributed by atoms with van der Waals surface area (Å²) in [5, 5.41) is 4.21. The fourth-order valence-electron chi connectivity index (χ4n) is 2.87. The van der Waals surface area contributed by atoms with E-state index in [0.29, 0.717) is 13.2 Å². The lowest BCUT2D eigenvalue weighted by Crippen LogP contribution is -1.96. The van der Waals surface area contributed by atoms with Crippen molar-refractivity contribution in [2.45, 2.75) is 20.1 Å². The van der Waals surface area contributed by atoms with Crippen molar-refractivity contribution < 1.29 is 9.26 Å². The van der Waals surface area contributed by atoms with Gasteiger partial charge in [-0.2, -0.15) is 0 Å². The molecule has 0 atom stereocenters. The van der Waals surface area contributed by atoms with Gasteiger partial charge in [-0.3, -0.25) is 0 Å². The Bertz CT molecular complexity index is 975. The monoisotopic (exact) mass is 345 g/mol. The third kappa shape index (κ3) is 3.43. The maximum absolute atomic E-state index is 5.75. The number of nitrogens with one attached hydrogen (secondary N) is 1. The highest BCUT2D eigenvalue weighted by Gasteiger charge is 2.18. The molecule has 0 amide bonds. The van der Waals surface area contributed by atoms with Crippen molar-refractivity contribution in [1.29, 1.82) is 0 Å². The van der Waals surface area contributed by atoms with Gasteiger partial charge in [0.2, 0.25) is 0 Å². The van der Waals surface area contributed by atoms with Crippen LogP contribution in [-0.2, 0) is 18.0 Å². The molecule has 4 rings (SSSR count). The molecule has 0 spiro atoms. The fourth-order valence-corrected chi connectivity index (χ4v) is 2.87. The number of imidazole rings is 1. The van der Waals surface area contributed by atoms with Crippen molar-refractivity contribution in [2.75, 3.05) is 0 Å². The quantitative estimate of drug-likeness (QED) is 0.547. The second-order valence-corrected chi connectivity index (χ2v) is 6.04. The molecule has 4 aromatic rings. The van der Waals surface area contributed by atoms with Crippen molar-refractivity contribution in [1.82, 2.24) is 15.1 Å². The number of aryl methyl sites for hydroxylation is 1. The van der Waals surface area contributed by atoms with Crippen molar-refractivity contribution in [3.63, 3.8) is 0 Å². The number of aromatic nitrogens is 3. The standard InChI is InChI=1S/C21H19N3O2/c1-15-20(21(24-26-15)17-10-6-3-7-11-17)18-12-22-19(23-18)14-25-13-16-8-4-2-5-9-16/h2-12H,13-14H2,1H3,(H,22,23). The van der Waals surface area contributed by atoms with E-state index in [1.807, 2.05) is 73.8 Å². The van der Waals surface area contributed by atoms with Crippen LogP contribution in [0, 0.1) is 6.92 Å². The van der Waals surface area contributed by atoms with Crippen molar-refractivity contribution in [3.05, 3.63) is 84.0 Å². The highest BCUT2D eigenvalue weighted by molar-refractivity contribution is 5.79. The molecule has 26 heavy (non-hydrogen) atoms. The Kier molecular flexibility index (Phi) is 4.62. The van der Waals surface area contributed by atoms with Gasteiger partial charge >= 0.3 is 0 Å². The van der Waals surface area contributed by atoms with Crippen LogP contribution in [-0.4, -0.2) is 15.1 Å². The summed E-state index contributed by atoms with van der Waals surface area (Å²) in [7, 11) is 0. The Labute approximate surface area is 151 Å². The average molecular weight is 345 g/mol. The van der Waals surface area contributed by atoms with Gasteiger partial charge in [0.05, 0.1) is 17.9 Å². The first kappa shape index (κ1) is 16.3. The van der Waals surface area contributed by atoms with Gasteiger partial charge in [0.15, 0.2) is 0 Å². The molecule has 130 valence electrons. The van der Waals surface area contributed by atoms with Crippen molar-refractivity contribution in [3.8, 4) is 22.5 Å². The third-order valence-electron chi connectivity index (χ3n) is 4.15. The summed E-state index contributed by atoms with van der Waals surface area (Å²) in [5.41, 5.74) is 4.65. The lowest BCUT2D eigenvalue weighted by Gasteiger charge is -2.02. The van der Waals surface area contributed by atoms with Crippen molar-refractivity contribution >= 4 is 0 Å². The number of ether oxygens (including phenoxy) is 1. The van der Waals surface area contributed by atoms with E-state index in [4.69, 9.17) is 9.26 Å². The maximum atomic E-state index is 5.75. The van der Waals surface area contributed by atoms with Gasteiger partial charge in [0.1, 0.15) is 23.9 Å². The molecule has 0 aliphatic rings. The smallest absolute Gasteiger partial charge is 0.143 e. The minimum atomic E-state index is 0.417. The molecule has 0 aliphatic heterocycles. The summed E-state index contributed by atoms with van der Waals surface area (Å²) in [4.78, 5) is 7.83. The molecule has 2 aromatic heterocycles. The molecule has 0 aliphatic carbocycles. The minimum Gasteiger partial charge on any atom is -0.369 e. The fraction of sp³-hybridized carbons (Fsp3) is 0.143. The first-order chi connectivity index (χ1) is 12.8. The summed E-state index contributed by atoms with van der Waals surface area (Å²) >= 11 is 0. The lowest BCUT2D eigenvalue weighted by molar-refractivity contribution is 0.102. The molecule has 2 heterocycles. The number of hydrogen-bond donors (Lipinski definition) is 1. The Hall–Kier alpha value is -3.18. The van der Waals surface area contributed by atoms with E-state index in [9.17, 15) is 0 Å². The molecule has 0 saturated heterocycles. The summed E-state index contributed by atoms with van der Waals surface area (Å²) in [5.74, 6) is 1.52. The number of rotatable bonds is 6. The maximum Gasteiger partial charge on any atom is 0.143 e. The minimum absolute atomic E-state index is 0.417. The van der Waals surface area contributed by atoms with E-state index < -0.39 is 0 Å². The van der Waals surface area contributed by atoms with Gasteiger partial charge < -0.3 is 14.2 Å². The van der Waals surface area contributed by atoms with Crippen molar-refractivity contribution in [2.24, 2.45) is 0 Å². The highest BCUT2D eigenvalue weighted by Crippen LogP contribution is 2.33. The van der Waals surface area contributed by atoms with Crippen LogP contribution in [0.2, 0.25) is 0 Å². The predicted molar refractivity (Wildman–Crippen MR) is 99.2 cm³/mol. The topological polar surface area (TPSA) is 63.9 Å². The van der Waals surface area contributed by atoms with Gasteiger partial charge in [-0.15, -0.1) is 0 Å². The van der Waals surface area contributed by atoms with Crippen LogP contribution < -0.4 is 0 Å². The summed E-state index contributed by atoms with van der Waals surface area (Å²) < 4.78 is 11.2. The van der Waals surface area contributed by atoms with Crippen LogP contribution in [0.4, 0.5) is 0 Å². The number of nitrogens with zero attached hydrogens (tertiary/aromatic N) is 2. The van der Waals surface area contributed by atoms with Crippen LogP contribution in [0.25, 0.3) is 22.5 Å². The molecule has 1 N–H and O–H groups in total. The van der Waals surface area contributed by atoms with E-state index in [-0.39, 0.29) is 0 Å². The van der Waals surface area contributed by atoms with Gasteiger partial charge in [-0.1, -0.05) is 65.8 Å². The largest absolute Gasteiger partial charge is 0.369 e. The van der Waals surface area contributed by atoms with E-state index in [0.717, 1.165) is 39.7 Å². The van der Waals surface area contributed by atoms with Gasteiger partial charge in [-0.05, 0) is 12.5 Å². The second kappa shape index (κ2) is 7.37. The average Bonchev–Trinajstić information content (AvgIpc) is 3.29. The zero-order valence-corrected chi connectivity index (χ0v) is 14.5. The normalized spacial score (nSPS) is 11.0. The Morgan fingerprint density at radius 2 is 1.69 bits per heavy atom. The molecular formula is C21H19N3O2. The predicted octanol–water partition coefficient (Wildman–Crippen LogP) is 4.76. The van der Waals surface area contributed by atoms with Crippen LogP contribution in [0.1, 0.15) is 17.1 Å². The highest BCUT2D eigenvalue weighted by atomic mass is 16.5.